The Morgan fingerprint density at radius 3 is 2.45 bits per heavy atom. The lowest BCUT2D eigenvalue weighted by Crippen LogP contribution is -2.12. The van der Waals surface area contributed by atoms with E-state index in [4.69, 9.17) is 0 Å². The smallest absolute Gasteiger partial charge is 0.257 e. The van der Waals surface area contributed by atoms with Crippen molar-refractivity contribution in [2.75, 3.05) is 10.6 Å². The van der Waals surface area contributed by atoms with Gasteiger partial charge in [-0.3, -0.25) is 19.6 Å². The van der Waals surface area contributed by atoms with Gasteiger partial charge in [0.15, 0.2) is 5.78 Å². The molecule has 2 aromatic carbocycles. The number of carbonyl (C=O) groups is 2. The molecule has 0 fully saturated rings. The lowest BCUT2D eigenvalue weighted by Gasteiger charge is -2.10. The van der Waals surface area contributed by atoms with Crippen LogP contribution in [-0.2, 0) is 0 Å². The summed E-state index contributed by atoms with van der Waals surface area (Å²) in [6.45, 7) is 1.50. The lowest BCUT2D eigenvalue weighted by molar-refractivity contribution is 0.101. The molecule has 2 aromatic heterocycles. The van der Waals surface area contributed by atoms with Gasteiger partial charge >= 0.3 is 0 Å². The van der Waals surface area contributed by atoms with Gasteiger partial charge < -0.3 is 10.6 Å². The van der Waals surface area contributed by atoms with Crippen molar-refractivity contribution in [3.8, 4) is 0 Å². The third kappa shape index (κ3) is 4.11. The highest BCUT2D eigenvalue weighted by molar-refractivity contribution is 6.05. The van der Waals surface area contributed by atoms with Crippen LogP contribution in [0.15, 0.2) is 79.3 Å². The van der Waals surface area contributed by atoms with E-state index in [2.05, 4.69) is 20.6 Å². The number of pyridine rings is 2. The second kappa shape index (κ2) is 7.90. The van der Waals surface area contributed by atoms with Crippen molar-refractivity contribution in [2.45, 2.75) is 6.92 Å². The van der Waals surface area contributed by atoms with Gasteiger partial charge in [-0.05, 0) is 49.4 Å². The van der Waals surface area contributed by atoms with E-state index < -0.39 is 0 Å². The third-order valence-corrected chi connectivity index (χ3v) is 4.46. The Morgan fingerprint density at radius 1 is 0.862 bits per heavy atom. The molecular formula is C23H18N4O2. The highest BCUT2D eigenvalue weighted by Crippen LogP contribution is 2.24. The fourth-order valence-electron chi connectivity index (χ4n) is 2.98. The molecule has 6 heteroatoms. The first-order chi connectivity index (χ1) is 14.1. The summed E-state index contributed by atoms with van der Waals surface area (Å²) in [5.74, 6) is -0.304. The lowest BCUT2D eigenvalue weighted by atomic mass is 10.1. The summed E-state index contributed by atoms with van der Waals surface area (Å²) >= 11 is 0. The quantitative estimate of drug-likeness (QED) is 0.483. The monoisotopic (exact) mass is 382 g/mol. The number of rotatable bonds is 5. The highest BCUT2D eigenvalue weighted by Gasteiger charge is 2.09. The van der Waals surface area contributed by atoms with Crippen LogP contribution in [0.1, 0.15) is 27.6 Å². The van der Waals surface area contributed by atoms with Gasteiger partial charge in [-0.25, -0.2) is 0 Å². The zero-order valence-electron chi connectivity index (χ0n) is 15.7. The van der Waals surface area contributed by atoms with Crippen LogP contribution < -0.4 is 10.6 Å². The van der Waals surface area contributed by atoms with E-state index in [0.717, 1.165) is 16.6 Å². The Morgan fingerprint density at radius 2 is 1.66 bits per heavy atom. The molecule has 0 spiro atoms. The fraction of sp³-hybridized carbons (Fsp3) is 0.0435. The van der Waals surface area contributed by atoms with Crippen molar-refractivity contribution >= 4 is 39.7 Å². The van der Waals surface area contributed by atoms with Crippen LogP contribution in [0.4, 0.5) is 17.1 Å². The largest absolute Gasteiger partial charge is 0.352 e. The molecule has 29 heavy (non-hydrogen) atoms. The first-order valence-electron chi connectivity index (χ1n) is 9.08. The number of ketones is 1. The van der Waals surface area contributed by atoms with E-state index in [1.807, 2.05) is 30.3 Å². The Hall–Kier alpha value is -4.06. The van der Waals surface area contributed by atoms with E-state index in [1.165, 1.54) is 13.1 Å². The first kappa shape index (κ1) is 18.3. The second-order valence-electron chi connectivity index (χ2n) is 6.56. The van der Waals surface area contributed by atoms with Gasteiger partial charge in [-0.2, -0.15) is 0 Å². The maximum atomic E-state index is 12.6. The predicted molar refractivity (Wildman–Crippen MR) is 114 cm³/mol. The molecule has 0 aliphatic rings. The minimum atomic E-state index is -0.284. The van der Waals surface area contributed by atoms with Gasteiger partial charge in [0.25, 0.3) is 5.91 Å². The summed E-state index contributed by atoms with van der Waals surface area (Å²) in [4.78, 5) is 32.6. The average molecular weight is 382 g/mol. The number of hydrogen-bond acceptors (Lipinski definition) is 5. The molecule has 4 rings (SSSR count). The van der Waals surface area contributed by atoms with Crippen molar-refractivity contribution in [3.05, 3.63) is 90.4 Å². The zero-order chi connectivity index (χ0) is 20.2. The molecule has 0 saturated carbocycles. The summed E-state index contributed by atoms with van der Waals surface area (Å²) in [5.41, 5.74) is 3.98. The first-order valence-corrected chi connectivity index (χ1v) is 9.08. The maximum absolute atomic E-state index is 12.6. The molecule has 2 heterocycles. The molecule has 0 aliphatic heterocycles. The van der Waals surface area contributed by atoms with Crippen LogP contribution in [0.3, 0.4) is 0 Å². The third-order valence-electron chi connectivity index (χ3n) is 4.46. The minimum Gasteiger partial charge on any atom is -0.352 e. The number of anilines is 3. The molecule has 0 aliphatic carbocycles. The second-order valence-corrected chi connectivity index (χ2v) is 6.56. The normalized spacial score (nSPS) is 10.5. The molecule has 0 atom stereocenters. The molecule has 0 radical (unpaired) electrons. The van der Waals surface area contributed by atoms with Crippen molar-refractivity contribution in [2.24, 2.45) is 0 Å². The molecule has 4 aromatic rings. The van der Waals surface area contributed by atoms with Crippen LogP contribution in [-0.4, -0.2) is 21.7 Å². The van der Waals surface area contributed by atoms with Crippen molar-refractivity contribution in [1.29, 1.82) is 0 Å². The number of aromatic nitrogens is 2. The zero-order valence-corrected chi connectivity index (χ0v) is 15.7. The van der Waals surface area contributed by atoms with Crippen molar-refractivity contribution < 1.29 is 9.59 Å². The Bertz CT molecular complexity index is 1200. The molecule has 2 N–H and O–H groups in total. The van der Waals surface area contributed by atoms with Crippen LogP contribution in [0.2, 0.25) is 0 Å². The molecule has 0 bridgehead atoms. The summed E-state index contributed by atoms with van der Waals surface area (Å²) in [6, 6.07) is 18.2. The van der Waals surface area contributed by atoms with Gasteiger partial charge in [-0.1, -0.05) is 18.2 Å². The molecule has 1 amide bonds. The summed E-state index contributed by atoms with van der Waals surface area (Å²) < 4.78 is 0. The van der Waals surface area contributed by atoms with E-state index in [1.54, 1.807) is 42.7 Å². The fourth-order valence-corrected chi connectivity index (χ4v) is 2.98. The molecule has 6 nitrogen and oxygen atoms in total. The van der Waals surface area contributed by atoms with Crippen LogP contribution in [0, 0.1) is 0 Å². The van der Waals surface area contributed by atoms with Gasteiger partial charge in [0.05, 0.1) is 28.7 Å². The predicted octanol–water partition coefficient (Wildman–Crippen LogP) is 4.83. The number of nitrogens with one attached hydrogen (secondary N) is 2. The van der Waals surface area contributed by atoms with Gasteiger partial charge in [0.2, 0.25) is 0 Å². The maximum Gasteiger partial charge on any atom is 0.257 e. The van der Waals surface area contributed by atoms with E-state index >= 15 is 0 Å². The molecule has 0 unspecified atom stereocenters. The van der Waals surface area contributed by atoms with Crippen LogP contribution in [0.5, 0.6) is 0 Å². The number of amides is 1. The Kier molecular flexibility index (Phi) is 4.99. The molecular weight excluding hydrogens is 364 g/mol. The Balaban J connectivity index is 1.53. The number of para-hydroxylation sites is 1. The summed E-state index contributed by atoms with van der Waals surface area (Å²) in [7, 11) is 0. The van der Waals surface area contributed by atoms with Crippen molar-refractivity contribution in [1.82, 2.24) is 9.97 Å². The number of carbonyl (C=O) groups excluding carboxylic acids is 2. The number of fused-ring (bicyclic) bond motifs is 1. The SMILES string of the molecule is CC(=O)c1ccc(NC(=O)c2cncc(Nc3cccc4cccnc34)c2)cc1. The van der Waals surface area contributed by atoms with Gasteiger partial charge in [0.1, 0.15) is 0 Å². The number of Topliss-reactive ketones (excluding diaryl/α,β-unsaturated/α-hetero) is 1. The molecule has 0 saturated heterocycles. The average Bonchev–Trinajstić information content (AvgIpc) is 2.74. The number of hydrogen-bond donors (Lipinski definition) is 2. The Labute approximate surface area is 167 Å². The number of nitrogens with zero attached hydrogens (tertiary/aromatic N) is 2. The van der Waals surface area contributed by atoms with Crippen LogP contribution >= 0.6 is 0 Å². The number of benzene rings is 2. The van der Waals surface area contributed by atoms with Gasteiger partial charge in [-0.15, -0.1) is 0 Å². The van der Waals surface area contributed by atoms with Crippen molar-refractivity contribution in [3.63, 3.8) is 0 Å². The highest BCUT2D eigenvalue weighted by atomic mass is 16.1. The summed E-state index contributed by atoms with van der Waals surface area (Å²) in [5, 5.41) is 7.12. The van der Waals surface area contributed by atoms with Crippen LogP contribution in [0.25, 0.3) is 10.9 Å². The molecule has 142 valence electrons. The van der Waals surface area contributed by atoms with E-state index in [0.29, 0.717) is 22.5 Å². The standard InChI is InChI=1S/C23H18N4O2/c1-15(28)16-7-9-19(10-8-16)27-23(29)18-12-20(14-24-13-18)26-21-6-2-4-17-5-3-11-25-22(17)21/h2-14,26H,1H3,(H,27,29). The summed E-state index contributed by atoms with van der Waals surface area (Å²) in [6.07, 6.45) is 4.90. The van der Waals surface area contributed by atoms with Gasteiger partial charge in [0, 0.05) is 29.0 Å². The topological polar surface area (TPSA) is 84.0 Å². The minimum absolute atomic E-state index is 0.0197. The van der Waals surface area contributed by atoms with E-state index in [9.17, 15) is 9.59 Å². The van der Waals surface area contributed by atoms with E-state index in [-0.39, 0.29) is 11.7 Å².